The molecule has 0 nitrogen and oxygen atoms in total. The average molecular weight is 215 g/mol. The molecule has 0 amide bonds. The van der Waals surface area contributed by atoms with Crippen LogP contribution < -0.4 is 0 Å². The predicted octanol–water partition coefficient (Wildman–Crippen LogP) is 3.11. The van der Waals surface area contributed by atoms with Crippen LogP contribution in [0.15, 0.2) is 4.47 Å². The number of thiophene rings is 1. The molecule has 0 unspecified atom stereocenters. The molecule has 0 saturated carbocycles. The van der Waals surface area contributed by atoms with Gasteiger partial charge in [-0.25, -0.2) is 0 Å². The van der Waals surface area contributed by atoms with Gasteiger partial charge in [-0.15, -0.1) is 17.8 Å². The maximum Gasteiger partial charge on any atom is 0.0913 e. The molecule has 10 heavy (non-hydrogen) atoms. The summed E-state index contributed by atoms with van der Waals surface area (Å²) >= 11 is 5.09. The summed E-state index contributed by atoms with van der Waals surface area (Å²) in [5.74, 6) is 2.63. The minimum atomic E-state index is 0.995. The Kier molecular flexibility index (Phi) is 2.18. The fourth-order valence-electron chi connectivity index (χ4n) is 0.692. The number of aryl methyl sites for hydroxylation is 1. The smallest absolute Gasteiger partial charge is 0.0913 e. The molecule has 1 heterocycles. The van der Waals surface area contributed by atoms with Crippen molar-refractivity contribution in [3.63, 3.8) is 0 Å². The van der Waals surface area contributed by atoms with Gasteiger partial charge >= 0.3 is 0 Å². The number of rotatable bonds is 0. The van der Waals surface area contributed by atoms with Gasteiger partial charge < -0.3 is 0 Å². The summed E-state index contributed by atoms with van der Waals surface area (Å²) in [4.78, 5) is 2.29. The number of hydrogen-bond donors (Lipinski definition) is 0. The molecule has 0 aliphatic heterocycles. The molecule has 0 aliphatic rings. The van der Waals surface area contributed by atoms with Crippen molar-refractivity contribution in [1.82, 2.24) is 0 Å². The molecular formula is C8H7BrS. The fourth-order valence-corrected chi connectivity index (χ4v) is 2.34. The lowest BCUT2D eigenvalue weighted by molar-refractivity contribution is 1.41. The molecular weight excluding hydrogens is 208 g/mol. The molecule has 0 aromatic carbocycles. The Labute approximate surface area is 73.4 Å². The van der Waals surface area contributed by atoms with Gasteiger partial charge in [0, 0.05) is 9.35 Å². The van der Waals surface area contributed by atoms with Crippen LogP contribution in [0.5, 0.6) is 0 Å². The first-order valence-electron chi connectivity index (χ1n) is 2.89. The van der Waals surface area contributed by atoms with Crippen LogP contribution >= 0.6 is 27.3 Å². The highest BCUT2D eigenvalue weighted by Gasteiger charge is 2.06. The summed E-state index contributed by atoms with van der Waals surface area (Å²) in [5.41, 5.74) is 1.26. The van der Waals surface area contributed by atoms with Crippen LogP contribution in [0.2, 0.25) is 0 Å². The van der Waals surface area contributed by atoms with Crippen LogP contribution in [-0.4, -0.2) is 0 Å². The summed E-state index contributed by atoms with van der Waals surface area (Å²) in [6, 6.07) is 0. The van der Waals surface area contributed by atoms with E-state index >= 15 is 0 Å². The van der Waals surface area contributed by atoms with Gasteiger partial charge in [0.25, 0.3) is 0 Å². The standard InChI is InChI=1S/C8H7BrS/c1-4-7-8(9)5(2)6(3)10-7/h1H,2-3H3. The summed E-state index contributed by atoms with van der Waals surface area (Å²) in [5, 5.41) is 0. The minimum Gasteiger partial charge on any atom is -0.131 e. The van der Waals surface area contributed by atoms with Crippen LogP contribution in [0.3, 0.4) is 0 Å². The summed E-state index contributed by atoms with van der Waals surface area (Å²) in [6.45, 7) is 4.14. The van der Waals surface area contributed by atoms with E-state index in [9.17, 15) is 0 Å². The zero-order valence-corrected chi connectivity index (χ0v) is 8.27. The lowest BCUT2D eigenvalue weighted by Crippen LogP contribution is -1.69. The van der Waals surface area contributed by atoms with Crippen LogP contribution in [0.1, 0.15) is 15.3 Å². The minimum absolute atomic E-state index is 0.995. The lowest BCUT2D eigenvalue weighted by Gasteiger charge is -1.86. The highest BCUT2D eigenvalue weighted by molar-refractivity contribution is 9.10. The van der Waals surface area contributed by atoms with E-state index in [1.165, 1.54) is 10.4 Å². The molecule has 0 bridgehead atoms. The van der Waals surface area contributed by atoms with Gasteiger partial charge in [-0.3, -0.25) is 0 Å². The molecule has 0 aliphatic carbocycles. The van der Waals surface area contributed by atoms with Gasteiger partial charge in [-0.1, -0.05) is 5.92 Å². The highest BCUT2D eigenvalue weighted by atomic mass is 79.9. The van der Waals surface area contributed by atoms with Crippen molar-refractivity contribution in [3.8, 4) is 12.3 Å². The maximum atomic E-state index is 5.26. The Morgan fingerprint density at radius 2 is 2.10 bits per heavy atom. The maximum absolute atomic E-state index is 5.26. The second-order valence-electron chi connectivity index (χ2n) is 2.07. The monoisotopic (exact) mass is 214 g/mol. The van der Waals surface area contributed by atoms with Crippen molar-refractivity contribution in [2.45, 2.75) is 13.8 Å². The number of terminal acetylenes is 1. The van der Waals surface area contributed by atoms with Crippen molar-refractivity contribution in [1.29, 1.82) is 0 Å². The van der Waals surface area contributed by atoms with E-state index in [0.717, 1.165) is 9.35 Å². The van der Waals surface area contributed by atoms with E-state index in [2.05, 4.69) is 35.7 Å². The normalized spacial score (nSPS) is 9.40. The Morgan fingerprint density at radius 1 is 1.50 bits per heavy atom. The van der Waals surface area contributed by atoms with Crippen LogP contribution in [0, 0.1) is 26.2 Å². The van der Waals surface area contributed by atoms with Crippen molar-refractivity contribution in [3.05, 3.63) is 19.8 Å². The summed E-state index contributed by atoms with van der Waals surface area (Å²) in [6.07, 6.45) is 5.26. The second kappa shape index (κ2) is 2.77. The SMILES string of the molecule is C#Cc1sc(C)c(C)c1Br. The molecule has 0 spiro atoms. The van der Waals surface area contributed by atoms with Crippen LogP contribution in [-0.2, 0) is 0 Å². The molecule has 1 aromatic heterocycles. The molecule has 0 saturated heterocycles. The quantitative estimate of drug-likeness (QED) is 0.583. The fraction of sp³-hybridized carbons (Fsp3) is 0.250. The van der Waals surface area contributed by atoms with Crippen molar-refractivity contribution >= 4 is 27.3 Å². The molecule has 2 heteroatoms. The van der Waals surface area contributed by atoms with E-state index in [4.69, 9.17) is 6.42 Å². The zero-order chi connectivity index (χ0) is 7.72. The molecule has 0 N–H and O–H groups in total. The number of halogens is 1. The molecule has 0 atom stereocenters. The number of hydrogen-bond acceptors (Lipinski definition) is 1. The van der Waals surface area contributed by atoms with Crippen LogP contribution in [0.4, 0.5) is 0 Å². The van der Waals surface area contributed by atoms with Gasteiger partial charge in [0.1, 0.15) is 0 Å². The molecule has 0 radical (unpaired) electrons. The first-order chi connectivity index (χ1) is 4.66. The van der Waals surface area contributed by atoms with Gasteiger partial charge in [-0.2, -0.15) is 0 Å². The Balaban J connectivity index is 3.34. The van der Waals surface area contributed by atoms with Crippen molar-refractivity contribution in [2.75, 3.05) is 0 Å². The first-order valence-corrected chi connectivity index (χ1v) is 4.50. The third-order valence-corrected chi connectivity index (χ3v) is 3.84. The topological polar surface area (TPSA) is 0 Å². The van der Waals surface area contributed by atoms with E-state index in [0.29, 0.717) is 0 Å². The Bertz CT molecular complexity index is 291. The zero-order valence-electron chi connectivity index (χ0n) is 5.86. The van der Waals surface area contributed by atoms with Gasteiger partial charge in [0.15, 0.2) is 0 Å². The lowest BCUT2D eigenvalue weighted by atomic mass is 10.3. The Hall–Kier alpha value is -0.260. The van der Waals surface area contributed by atoms with E-state index < -0.39 is 0 Å². The molecule has 52 valence electrons. The van der Waals surface area contributed by atoms with E-state index in [-0.39, 0.29) is 0 Å². The summed E-state index contributed by atoms with van der Waals surface area (Å²) < 4.78 is 1.08. The van der Waals surface area contributed by atoms with Crippen LogP contribution in [0.25, 0.3) is 0 Å². The first kappa shape index (κ1) is 7.84. The highest BCUT2D eigenvalue weighted by Crippen LogP contribution is 2.30. The molecule has 1 aromatic rings. The summed E-state index contributed by atoms with van der Waals surface area (Å²) in [7, 11) is 0. The third kappa shape index (κ3) is 1.12. The van der Waals surface area contributed by atoms with E-state index in [1.807, 2.05) is 0 Å². The van der Waals surface area contributed by atoms with Crippen molar-refractivity contribution in [2.24, 2.45) is 0 Å². The van der Waals surface area contributed by atoms with Gasteiger partial charge in [-0.05, 0) is 35.3 Å². The van der Waals surface area contributed by atoms with E-state index in [1.54, 1.807) is 11.3 Å². The third-order valence-electron chi connectivity index (χ3n) is 1.44. The predicted molar refractivity (Wildman–Crippen MR) is 49.4 cm³/mol. The Morgan fingerprint density at radius 3 is 2.30 bits per heavy atom. The average Bonchev–Trinajstić information content (AvgIpc) is 2.17. The largest absolute Gasteiger partial charge is 0.131 e. The van der Waals surface area contributed by atoms with Gasteiger partial charge in [0.2, 0.25) is 0 Å². The van der Waals surface area contributed by atoms with Gasteiger partial charge in [0.05, 0.1) is 4.88 Å². The molecule has 0 fully saturated rings. The second-order valence-corrected chi connectivity index (χ2v) is 4.09. The molecule has 1 rings (SSSR count). The van der Waals surface area contributed by atoms with Crippen molar-refractivity contribution < 1.29 is 0 Å².